The van der Waals surface area contributed by atoms with Crippen molar-refractivity contribution in [1.29, 1.82) is 0 Å². The van der Waals surface area contributed by atoms with E-state index in [1.54, 1.807) is 19.2 Å². The van der Waals surface area contributed by atoms with Crippen LogP contribution >= 0.6 is 0 Å². The van der Waals surface area contributed by atoms with E-state index in [0.717, 1.165) is 11.1 Å². The van der Waals surface area contributed by atoms with E-state index in [1.165, 1.54) is 0 Å². The third-order valence-electron chi connectivity index (χ3n) is 3.85. The smallest absolute Gasteiger partial charge is 0.251 e. The van der Waals surface area contributed by atoms with Gasteiger partial charge in [0.05, 0.1) is 6.61 Å². The first-order chi connectivity index (χ1) is 11.7. The Balaban J connectivity index is 2.19. The number of hydrogen-bond acceptors (Lipinski definition) is 3. The molecule has 0 aliphatic carbocycles. The summed E-state index contributed by atoms with van der Waals surface area (Å²) in [4.78, 5) is 11.9. The van der Waals surface area contributed by atoms with Crippen LogP contribution in [-0.2, 0) is 6.54 Å². The third kappa shape index (κ3) is 4.46. The van der Waals surface area contributed by atoms with E-state index < -0.39 is 0 Å². The molecule has 0 unspecified atom stereocenters. The van der Waals surface area contributed by atoms with Crippen molar-refractivity contribution < 1.29 is 9.53 Å². The Kier molecular flexibility index (Phi) is 6.58. The summed E-state index contributed by atoms with van der Waals surface area (Å²) < 4.78 is 6.04. The van der Waals surface area contributed by atoms with Crippen molar-refractivity contribution in [3.63, 3.8) is 0 Å². The van der Waals surface area contributed by atoms with Gasteiger partial charge in [0.25, 0.3) is 5.91 Å². The molecule has 1 amide bonds. The molecule has 4 heteroatoms. The zero-order valence-corrected chi connectivity index (χ0v) is 14.2. The minimum Gasteiger partial charge on any atom is -0.492 e. The van der Waals surface area contributed by atoms with Crippen LogP contribution in [0.2, 0.25) is 0 Å². The highest BCUT2D eigenvalue weighted by atomic mass is 16.5. The SMILES string of the molecule is C=C[C@H](COc1cc(C(=O)NC)ccc1CNC)c1ccccc1. The molecular weight excluding hydrogens is 300 g/mol. The van der Waals surface area contributed by atoms with Crippen LogP contribution in [0.1, 0.15) is 27.4 Å². The third-order valence-corrected chi connectivity index (χ3v) is 3.85. The van der Waals surface area contributed by atoms with Crippen molar-refractivity contribution in [1.82, 2.24) is 10.6 Å². The molecule has 0 aliphatic rings. The van der Waals surface area contributed by atoms with Gasteiger partial charge in [0.1, 0.15) is 5.75 Å². The Morgan fingerprint density at radius 1 is 1.21 bits per heavy atom. The van der Waals surface area contributed by atoms with E-state index >= 15 is 0 Å². The van der Waals surface area contributed by atoms with Crippen molar-refractivity contribution in [2.24, 2.45) is 0 Å². The predicted octanol–water partition coefficient (Wildman–Crippen LogP) is 3.11. The van der Waals surface area contributed by atoms with Crippen LogP contribution in [0.5, 0.6) is 5.75 Å². The Morgan fingerprint density at radius 2 is 1.96 bits per heavy atom. The number of rotatable bonds is 8. The Bertz CT molecular complexity index is 683. The average molecular weight is 324 g/mol. The number of carbonyl (C=O) groups is 1. The number of hydrogen-bond donors (Lipinski definition) is 2. The summed E-state index contributed by atoms with van der Waals surface area (Å²) in [6.45, 7) is 5.06. The Morgan fingerprint density at radius 3 is 2.58 bits per heavy atom. The second-order valence-electron chi connectivity index (χ2n) is 5.50. The molecule has 0 aliphatic heterocycles. The summed E-state index contributed by atoms with van der Waals surface area (Å²) in [6, 6.07) is 15.6. The van der Waals surface area contributed by atoms with Gasteiger partial charge in [0.15, 0.2) is 0 Å². The second kappa shape index (κ2) is 8.89. The van der Waals surface area contributed by atoms with Gasteiger partial charge >= 0.3 is 0 Å². The number of ether oxygens (including phenoxy) is 1. The van der Waals surface area contributed by atoms with Gasteiger partial charge < -0.3 is 15.4 Å². The first-order valence-electron chi connectivity index (χ1n) is 7.99. The lowest BCUT2D eigenvalue weighted by atomic mass is 10.0. The van der Waals surface area contributed by atoms with E-state index in [9.17, 15) is 4.79 Å². The molecule has 126 valence electrons. The molecule has 2 aromatic carbocycles. The first-order valence-corrected chi connectivity index (χ1v) is 7.99. The van der Waals surface area contributed by atoms with Crippen LogP contribution in [0.25, 0.3) is 0 Å². The minimum atomic E-state index is -0.126. The van der Waals surface area contributed by atoms with Gasteiger partial charge in [-0.2, -0.15) is 0 Å². The highest BCUT2D eigenvalue weighted by molar-refractivity contribution is 5.94. The second-order valence-corrected chi connectivity index (χ2v) is 5.50. The fourth-order valence-electron chi connectivity index (χ4n) is 2.49. The molecule has 0 heterocycles. The molecule has 0 radical (unpaired) electrons. The summed E-state index contributed by atoms with van der Waals surface area (Å²) in [5.41, 5.74) is 2.76. The Hall–Kier alpha value is -2.59. The molecule has 24 heavy (non-hydrogen) atoms. The normalized spacial score (nSPS) is 11.6. The molecule has 4 nitrogen and oxygen atoms in total. The van der Waals surface area contributed by atoms with Crippen LogP contribution in [0.15, 0.2) is 61.2 Å². The molecule has 1 atom stereocenters. The lowest BCUT2D eigenvalue weighted by Crippen LogP contribution is -2.18. The standard InChI is InChI=1S/C20H24N2O2/c1-4-15(16-8-6-5-7-9-16)14-24-19-12-17(20(23)22-3)10-11-18(19)13-21-2/h4-12,15,21H,1,13-14H2,2-3H3,(H,22,23)/t15-/m1/s1. The summed E-state index contributed by atoms with van der Waals surface area (Å²) in [6.07, 6.45) is 1.88. The van der Waals surface area contributed by atoms with Crippen LogP contribution in [0, 0.1) is 0 Å². The number of benzene rings is 2. The van der Waals surface area contributed by atoms with E-state index in [0.29, 0.717) is 24.5 Å². The fraction of sp³-hybridized carbons (Fsp3) is 0.250. The maximum Gasteiger partial charge on any atom is 0.251 e. The molecular formula is C20H24N2O2. The maximum atomic E-state index is 11.9. The Labute approximate surface area is 143 Å². The van der Waals surface area contributed by atoms with Gasteiger partial charge in [0, 0.05) is 30.6 Å². The highest BCUT2D eigenvalue weighted by Crippen LogP contribution is 2.24. The molecule has 2 N–H and O–H groups in total. The van der Waals surface area contributed by atoms with Crippen LogP contribution in [0.4, 0.5) is 0 Å². The van der Waals surface area contributed by atoms with E-state index in [4.69, 9.17) is 4.74 Å². The molecule has 0 saturated heterocycles. The first kappa shape index (κ1) is 17.8. The van der Waals surface area contributed by atoms with Crippen molar-refractivity contribution in [2.75, 3.05) is 20.7 Å². The van der Waals surface area contributed by atoms with E-state index in [1.807, 2.05) is 37.4 Å². The van der Waals surface area contributed by atoms with E-state index in [-0.39, 0.29) is 11.8 Å². The van der Waals surface area contributed by atoms with E-state index in [2.05, 4.69) is 29.3 Å². The predicted molar refractivity (Wildman–Crippen MR) is 97.5 cm³/mol. The lowest BCUT2D eigenvalue weighted by Gasteiger charge is -2.17. The van der Waals surface area contributed by atoms with Crippen molar-refractivity contribution in [3.8, 4) is 5.75 Å². The van der Waals surface area contributed by atoms with Gasteiger partial charge in [-0.15, -0.1) is 6.58 Å². The lowest BCUT2D eigenvalue weighted by molar-refractivity contribution is 0.0962. The number of carbonyl (C=O) groups excluding carboxylic acids is 1. The molecule has 0 fully saturated rings. The summed E-state index contributed by atoms with van der Waals surface area (Å²) >= 11 is 0. The van der Waals surface area contributed by atoms with Crippen molar-refractivity contribution >= 4 is 5.91 Å². The number of nitrogens with one attached hydrogen (secondary N) is 2. The van der Waals surface area contributed by atoms with Crippen molar-refractivity contribution in [2.45, 2.75) is 12.5 Å². The summed E-state index contributed by atoms with van der Waals surface area (Å²) in [7, 11) is 3.50. The molecule has 2 rings (SSSR count). The van der Waals surface area contributed by atoms with Gasteiger partial charge in [-0.1, -0.05) is 42.5 Å². The van der Waals surface area contributed by atoms with Crippen LogP contribution < -0.4 is 15.4 Å². The monoisotopic (exact) mass is 324 g/mol. The maximum absolute atomic E-state index is 11.9. The molecule has 2 aromatic rings. The number of amides is 1. The highest BCUT2D eigenvalue weighted by Gasteiger charge is 2.12. The van der Waals surface area contributed by atoms with Crippen LogP contribution in [0.3, 0.4) is 0 Å². The quantitative estimate of drug-likeness (QED) is 0.734. The largest absolute Gasteiger partial charge is 0.492 e. The molecule has 0 aromatic heterocycles. The topological polar surface area (TPSA) is 50.4 Å². The summed E-state index contributed by atoms with van der Waals surface area (Å²) in [5.74, 6) is 0.685. The minimum absolute atomic E-state index is 0.0947. The van der Waals surface area contributed by atoms with Crippen LogP contribution in [-0.4, -0.2) is 26.6 Å². The zero-order valence-electron chi connectivity index (χ0n) is 14.2. The average Bonchev–Trinajstić information content (AvgIpc) is 2.63. The zero-order chi connectivity index (χ0) is 17.4. The fourth-order valence-corrected chi connectivity index (χ4v) is 2.49. The van der Waals surface area contributed by atoms with Gasteiger partial charge in [0.2, 0.25) is 0 Å². The summed E-state index contributed by atoms with van der Waals surface area (Å²) in [5, 5.41) is 5.76. The van der Waals surface area contributed by atoms with Gasteiger partial charge in [-0.25, -0.2) is 0 Å². The molecule has 0 bridgehead atoms. The molecule has 0 saturated carbocycles. The van der Waals surface area contributed by atoms with Gasteiger partial charge in [-0.05, 0) is 24.7 Å². The molecule has 0 spiro atoms. The van der Waals surface area contributed by atoms with Gasteiger partial charge in [-0.3, -0.25) is 4.79 Å². The van der Waals surface area contributed by atoms with Crippen molar-refractivity contribution in [3.05, 3.63) is 77.9 Å².